The van der Waals surface area contributed by atoms with Crippen LogP contribution in [0.5, 0.6) is 0 Å². The van der Waals surface area contributed by atoms with Crippen LogP contribution in [0.2, 0.25) is 0 Å². The summed E-state index contributed by atoms with van der Waals surface area (Å²) in [5.41, 5.74) is 1.58. The molecular weight excluding hydrogens is 405 g/mol. The molecule has 0 amide bonds. The average molecular weight is 426 g/mol. The molecule has 3 rings (SSSR count). The number of rotatable bonds is 7. The van der Waals surface area contributed by atoms with Gasteiger partial charge in [0.25, 0.3) is 15.7 Å². The molecule has 1 aromatic carbocycles. The van der Waals surface area contributed by atoms with Crippen molar-refractivity contribution in [3.05, 3.63) is 62.8 Å². The van der Waals surface area contributed by atoms with Gasteiger partial charge in [0.1, 0.15) is 12.4 Å². The summed E-state index contributed by atoms with van der Waals surface area (Å²) < 4.78 is 41.9. The number of hydrogen-bond acceptors (Lipinski definition) is 7. The lowest BCUT2D eigenvalue weighted by molar-refractivity contribution is 0.305. The molecule has 2 heterocycles. The number of thiazole rings is 1. The Balaban J connectivity index is 1.93. The summed E-state index contributed by atoms with van der Waals surface area (Å²) in [6.45, 7) is 4.58. The number of nitrogens with zero attached hydrogens (tertiary/aromatic N) is 3. The Morgan fingerprint density at radius 2 is 1.96 bits per heavy atom. The molecule has 28 heavy (non-hydrogen) atoms. The van der Waals surface area contributed by atoms with Crippen molar-refractivity contribution in [2.24, 2.45) is 0 Å². The second kappa shape index (κ2) is 7.98. The summed E-state index contributed by atoms with van der Waals surface area (Å²) in [5.74, 6) is -0.310. The van der Waals surface area contributed by atoms with E-state index in [1.54, 1.807) is 19.1 Å². The van der Waals surface area contributed by atoms with Crippen LogP contribution in [0.15, 0.2) is 35.1 Å². The first-order valence-electron chi connectivity index (χ1n) is 8.54. The van der Waals surface area contributed by atoms with E-state index in [0.717, 1.165) is 16.8 Å². The monoisotopic (exact) mass is 425 g/mol. The number of anilines is 1. The molecular formula is C18H20FN3O4S2. The summed E-state index contributed by atoms with van der Waals surface area (Å²) in [7, 11) is -3.62. The van der Waals surface area contributed by atoms with Crippen LogP contribution in [0.3, 0.4) is 0 Å². The number of aromatic nitrogens is 2. The van der Waals surface area contributed by atoms with Gasteiger partial charge in [-0.3, -0.25) is 13.4 Å². The van der Waals surface area contributed by atoms with Gasteiger partial charge in [-0.05, 0) is 38.1 Å². The summed E-state index contributed by atoms with van der Waals surface area (Å²) in [6.07, 6.45) is 0.963. The minimum Gasteiger partial charge on any atom is -0.366 e. The van der Waals surface area contributed by atoms with Gasteiger partial charge in [0.15, 0.2) is 4.96 Å². The number of halogens is 1. The number of hydrogen-bond donors (Lipinski definition) is 0. The molecule has 10 heteroatoms. The summed E-state index contributed by atoms with van der Waals surface area (Å²) in [5, 5.41) is 0. The molecule has 150 valence electrons. The molecule has 0 radical (unpaired) electrons. The Labute approximate surface area is 166 Å². The average Bonchev–Trinajstić information content (AvgIpc) is 2.94. The number of fused-ring (bicyclic) bond motifs is 1. The van der Waals surface area contributed by atoms with Crippen molar-refractivity contribution in [1.29, 1.82) is 0 Å². The van der Waals surface area contributed by atoms with Crippen LogP contribution in [0.25, 0.3) is 4.96 Å². The predicted octanol–water partition coefficient (Wildman–Crippen LogP) is 2.71. The maximum atomic E-state index is 13.2. The van der Waals surface area contributed by atoms with Crippen LogP contribution in [-0.2, 0) is 27.5 Å². The minimum atomic E-state index is -3.62. The normalized spacial score (nSPS) is 11.9. The third-order valence-electron chi connectivity index (χ3n) is 4.20. The molecule has 3 aromatic rings. The molecule has 0 aliphatic rings. The third kappa shape index (κ3) is 4.57. The van der Waals surface area contributed by atoms with Crippen molar-refractivity contribution in [2.75, 3.05) is 17.7 Å². The van der Waals surface area contributed by atoms with Gasteiger partial charge in [0.2, 0.25) is 0 Å². The standard InChI is InChI=1S/C18H20FN3O4S2/c1-4-21(15-7-5-13(19)6-8-15)10-14-9-17(23)22-16(11-26-28(3,24)25)12(2)27-18(22)20-14/h5-9H,4,10-11H2,1-3H3. The Kier molecular flexibility index (Phi) is 5.82. The zero-order chi connectivity index (χ0) is 20.5. The van der Waals surface area contributed by atoms with E-state index < -0.39 is 10.1 Å². The van der Waals surface area contributed by atoms with Crippen LogP contribution >= 0.6 is 11.3 Å². The quantitative estimate of drug-likeness (QED) is 0.542. The topological polar surface area (TPSA) is 81.0 Å². The number of benzene rings is 1. The van der Waals surface area contributed by atoms with Crippen molar-refractivity contribution < 1.29 is 17.0 Å². The van der Waals surface area contributed by atoms with E-state index in [-0.39, 0.29) is 18.0 Å². The fraction of sp³-hybridized carbons (Fsp3) is 0.333. The SMILES string of the molecule is CCN(Cc1cc(=O)n2c(COS(C)(=O)=O)c(C)sc2n1)c1ccc(F)cc1. The Morgan fingerprint density at radius 1 is 1.29 bits per heavy atom. The van der Waals surface area contributed by atoms with Gasteiger partial charge in [-0.1, -0.05) is 0 Å². The minimum absolute atomic E-state index is 0.220. The zero-order valence-corrected chi connectivity index (χ0v) is 17.3. The highest BCUT2D eigenvalue weighted by Gasteiger charge is 2.16. The van der Waals surface area contributed by atoms with Gasteiger partial charge in [0.05, 0.1) is 24.2 Å². The Bertz CT molecular complexity index is 1150. The molecule has 0 saturated carbocycles. The molecule has 0 aliphatic heterocycles. The lowest BCUT2D eigenvalue weighted by atomic mass is 10.2. The van der Waals surface area contributed by atoms with Crippen molar-refractivity contribution in [3.63, 3.8) is 0 Å². The van der Waals surface area contributed by atoms with Crippen LogP contribution in [0.1, 0.15) is 23.2 Å². The molecule has 0 atom stereocenters. The molecule has 2 aromatic heterocycles. The van der Waals surface area contributed by atoms with Gasteiger partial charge >= 0.3 is 0 Å². The molecule has 7 nitrogen and oxygen atoms in total. The van der Waals surface area contributed by atoms with E-state index in [1.165, 1.54) is 33.9 Å². The first-order valence-corrected chi connectivity index (χ1v) is 11.2. The second-order valence-electron chi connectivity index (χ2n) is 6.27. The highest BCUT2D eigenvalue weighted by Crippen LogP contribution is 2.22. The molecule has 0 N–H and O–H groups in total. The summed E-state index contributed by atoms with van der Waals surface area (Å²) >= 11 is 1.30. The summed E-state index contributed by atoms with van der Waals surface area (Å²) in [6, 6.07) is 7.57. The lowest BCUT2D eigenvalue weighted by Crippen LogP contribution is -2.25. The highest BCUT2D eigenvalue weighted by molar-refractivity contribution is 7.85. The predicted molar refractivity (Wildman–Crippen MR) is 107 cm³/mol. The molecule has 0 unspecified atom stereocenters. The van der Waals surface area contributed by atoms with E-state index in [2.05, 4.69) is 4.98 Å². The number of aryl methyl sites for hydroxylation is 1. The molecule has 0 spiro atoms. The zero-order valence-electron chi connectivity index (χ0n) is 15.7. The van der Waals surface area contributed by atoms with Crippen molar-refractivity contribution >= 4 is 32.1 Å². The lowest BCUT2D eigenvalue weighted by Gasteiger charge is -2.22. The van der Waals surface area contributed by atoms with Crippen molar-refractivity contribution in [3.8, 4) is 0 Å². The largest absolute Gasteiger partial charge is 0.366 e. The Morgan fingerprint density at radius 3 is 2.57 bits per heavy atom. The van der Waals surface area contributed by atoms with E-state index in [0.29, 0.717) is 29.4 Å². The third-order valence-corrected chi connectivity index (χ3v) is 5.74. The van der Waals surface area contributed by atoms with E-state index in [9.17, 15) is 17.6 Å². The Hall–Kier alpha value is -2.30. The van der Waals surface area contributed by atoms with Gasteiger partial charge < -0.3 is 4.90 Å². The smallest absolute Gasteiger partial charge is 0.264 e. The summed E-state index contributed by atoms with van der Waals surface area (Å²) in [4.78, 5) is 20.4. The van der Waals surface area contributed by atoms with Crippen molar-refractivity contribution in [2.45, 2.75) is 27.0 Å². The van der Waals surface area contributed by atoms with Gasteiger partial charge in [-0.2, -0.15) is 8.42 Å². The van der Waals surface area contributed by atoms with Gasteiger partial charge in [-0.15, -0.1) is 11.3 Å². The van der Waals surface area contributed by atoms with Crippen LogP contribution in [0, 0.1) is 12.7 Å². The molecule has 0 bridgehead atoms. The maximum absolute atomic E-state index is 13.2. The fourth-order valence-corrected chi connectivity index (χ4v) is 4.14. The van der Waals surface area contributed by atoms with Crippen LogP contribution in [-0.4, -0.2) is 30.6 Å². The molecule has 0 aliphatic carbocycles. The molecule has 0 saturated heterocycles. The molecule has 0 fully saturated rings. The van der Waals surface area contributed by atoms with E-state index >= 15 is 0 Å². The maximum Gasteiger partial charge on any atom is 0.264 e. The van der Waals surface area contributed by atoms with Crippen LogP contribution < -0.4 is 10.5 Å². The van der Waals surface area contributed by atoms with E-state index in [1.807, 2.05) is 11.8 Å². The fourth-order valence-electron chi connectivity index (χ4n) is 2.82. The van der Waals surface area contributed by atoms with Gasteiger partial charge in [0, 0.05) is 23.2 Å². The first-order chi connectivity index (χ1) is 13.2. The van der Waals surface area contributed by atoms with Crippen LogP contribution in [0.4, 0.5) is 10.1 Å². The highest BCUT2D eigenvalue weighted by atomic mass is 32.2. The van der Waals surface area contributed by atoms with Gasteiger partial charge in [-0.25, -0.2) is 9.37 Å². The van der Waals surface area contributed by atoms with E-state index in [4.69, 9.17) is 4.18 Å². The van der Waals surface area contributed by atoms with Crippen molar-refractivity contribution in [1.82, 2.24) is 9.38 Å². The second-order valence-corrected chi connectivity index (χ2v) is 9.09. The first kappa shape index (κ1) is 20.4.